The monoisotopic (exact) mass is 310 g/mol. The first-order valence-electron chi connectivity index (χ1n) is 6.15. The molecule has 0 aliphatic rings. The van der Waals surface area contributed by atoms with Gasteiger partial charge in [0.1, 0.15) is 22.6 Å². The molecule has 0 bridgehead atoms. The Morgan fingerprint density at radius 3 is 2.45 bits per heavy atom. The number of hydrogen-bond acceptors (Lipinski definition) is 7. The zero-order valence-corrected chi connectivity index (χ0v) is 12.0. The average molecular weight is 310 g/mol. The lowest BCUT2D eigenvalue weighted by Gasteiger charge is -2.11. The van der Waals surface area contributed by atoms with Crippen molar-refractivity contribution in [3.05, 3.63) is 34.2 Å². The van der Waals surface area contributed by atoms with Crippen molar-refractivity contribution in [1.29, 1.82) is 0 Å². The number of hydrogen-bond donors (Lipinski definition) is 1. The number of methoxy groups -OCH3 is 2. The Labute approximate surface area is 124 Å². The smallest absolute Gasteiger partial charge is 0.351 e. The topological polar surface area (TPSA) is 104 Å². The van der Waals surface area contributed by atoms with Crippen molar-refractivity contribution in [2.45, 2.75) is 0 Å². The molecule has 2 rings (SSSR count). The zero-order chi connectivity index (χ0) is 16.1. The normalized spacial score (nSPS) is 10.6. The van der Waals surface area contributed by atoms with Crippen molar-refractivity contribution in [1.82, 2.24) is 0 Å². The first-order valence-corrected chi connectivity index (χ1v) is 6.15. The average Bonchev–Trinajstić information content (AvgIpc) is 2.49. The second-order valence-corrected chi connectivity index (χ2v) is 4.19. The SMILES string of the molecule is COCOc1cc(OCOC)c2cc(C(=O)O)c(=O)oc2c1. The number of rotatable bonds is 7. The molecule has 1 N–H and O–H groups in total. The summed E-state index contributed by atoms with van der Waals surface area (Å²) in [4.78, 5) is 22.7. The van der Waals surface area contributed by atoms with Gasteiger partial charge in [-0.1, -0.05) is 0 Å². The highest BCUT2D eigenvalue weighted by molar-refractivity contribution is 5.94. The molecule has 0 unspecified atom stereocenters. The molecule has 22 heavy (non-hydrogen) atoms. The maximum absolute atomic E-state index is 11.6. The van der Waals surface area contributed by atoms with E-state index in [2.05, 4.69) is 0 Å². The highest BCUT2D eigenvalue weighted by Gasteiger charge is 2.16. The summed E-state index contributed by atoms with van der Waals surface area (Å²) in [6, 6.07) is 4.15. The summed E-state index contributed by atoms with van der Waals surface area (Å²) in [6.45, 7) is -0.0724. The van der Waals surface area contributed by atoms with Crippen LogP contribution in [0.5, 0.6) is 11.5 Å². The molecular formula is C14H14O8. The molecule has 1 aromatic heterocycles. The Kier molecular flexibility index (Phi) is 4.97. The molecule has 0 spiro atoms. The minimum atomic E-state index is -1.38. The van der Waals surface area contributed by atoms with E-state index in [0.717, 1.165) is 0 Å². The molecule has 2 aromatic rings. The van der Waals surface area contributed by atoms with Crippen LogP contribution in [0.4, 0.5) is 0 Å². The third kappa shape index (κ3) is 3.35. The zero-order valence-electron chi connectivity index (χ0n) is 12.0. The number of fused-ring (bicyclic) bond motifs is 1. The Morgan fingerprint density at radius 2 is 1.82 bits per heavy atom. The van der Waals surface area contributed by atoms with Gasteiger partial charge in [0, 0.05) is 26.4 Å². The third-order valence-corrected chi connectivity index (χ3v) is 2.69. The molecule has 1 aromatic carbocycles. The maximum atomic E-state index is 11.6. The molecule has 0 saturated carbocycles. The van der Waals surface area contributed by atoms with E-state index in [4.69, 9.17) is 28.5 Å². The van der Waals surface area contributed by atoms with Crippen molar-refractivity contribution in [3.63, 3.8) is 0 Å². The van der Waals surface area contributed by atoms with Gasteiger partial charge in [-0.25, -0.2) is 9.59 Å². The number of carboxylic acids is 1. The van der Waals surface area contributed by atoms with Gasteiger partial charge in [0.15, 0.2) is 13.6 Å². The molecular weight excluding hydrogens is 296 g/mol. The van der Waals surface area contributed by atoms with Crippen molar-refractivity contribution >= 4 is 16.9 Å². The van der Waals surface area contributed by atoms with Gasteiger partial charge in [-0.05, 0) is 6.07 Å². The summed E-state index contributed by atoms with van der Waals surface area (Å²) in [5.74, 6) is -0.781. The van der Waals surface area contributed by atoms with Gasteiger partial charge in [0.25, 0.3) is 0 Å². The van der Waals surface area contributed by atoms with E-state index < -0.39 is 17.2 Å². The van der Waals surface area contributed by atoms with Crippen LogP contribution in [0.1, 0.15) is 10.4 Å². The Morgan fingerprint density at radius 1 is 1.14 bits per heavy atom. The van der Waals surface area contributed by atoms with Gasteiger partial charge in [0.2, 0.25) is 0 Å². The third-order valence-electron chi connectivity index (χ3n) is 2.69. The van der Waals surface area contributed by atoms with Gasteiger partial charge in [-0.15, -0.1) is 0 Å². The van der Waals surface area contributed by atoms with Crippen LogP contribution >= 0.6 is 0 Å². The minimum Gasteiger partial charge on any atom is -0.477 e. The van der Waals surface area contributed by atoms with E-state index in [0.29, 0.717) is 11.1 Å². The van der Waals surface area contributed by atoms with Crippen LogP contribution in [0.2, 0.25) is 0 Å². The van der Waals surface area contributed by atoms with Crippen LogP contribution in [0.3, 0.4) is 0 Å². The van der Waals surface area contributed by atoms with Crippen molar-refractivity contribution in [3.8, 4) is 11.5 Å². The quantitative estimate of drug-likeness (QED) is 0.605. The second-order valence-electron chi connectivity index (χ2n) is 4.19. The Balaban J connectivity index is 2.59. The second kappa shape index (κ2) is 6.92. The van der Waals surface area contributed by atoms with Crippen LogP contribution < -0.4 is 15.1 Å². The fraction of sp³-hybridized carbons (Fsp3) is 0.286. The minimum absolute atomic E-state index is 0.00728. The van der Waals surface area contributed by atoms with E-state index in [1.165, 1.54) is 32.4 Å². The van der Waals surface area contributed by atoms with Crippen molar-refractivity contribution in [2.24, 2.45) is 0 Å². The standard InChI is InChI=1S/C14H14O8/c1-18-6-20-8-3-11(21-7-19-2)9-5-10(13(15)16)14(17)22-12(9)4-8/h3-5H,6-7H2,1-2H3,(H,15,16). The van der Waals surface area contributed by atoms with E-state index >= 15 is 0 Å². The molecule has 8 heteroatoms. The summed E-state index contributed by atoms with van der Waals surface area (Å²) < 4.78 is 25.3. The summed E-state index contributed by atoms with van der Waals surface area (Å²) in [7, 11) is 2.90. The molecule has 0 atom stereocenters. The largest absolute Gasteiger partial charge is 0.477 e. The number of carboxylic acid groups (broad SMARTS) is 1. The Hall–Kier alpha value is -2.58. The van der Waals surface area contributed by atoms with Gasteiger partial charge in [-0.2, -0.15) is 0 Å². The van der Waals surface area contributed by atoms with E-state index in [1.54, 1.807) is 0 Å². The molecule has 0 radical (unpaired) electrons. The molecule has 0 fully saturated rings. The number of ether oxygens (including phenoxy) is 4. The lowest BCUT2D eigenvalue weighted by atomic mass is 10.1. The first-order chi connectivity index (χ1) is 10.6. The van der Waals surface area contributed by atoms with E-state index in [9.17, 15) is 9.59 Å². The molecule has 1 heterocycles. The van der Waals surface area contributed by atoms with Crippen molar-refractivity contribution < 1.29 is 33.3 Å². The first kappa shape index (κ1) is 15.8. The predicted octanol–water partition coefficient (Wildman–Crippen LogP) is 1.46. The van der Waals surface area contributed by atoms with Crippen LogP contribution in [0, 0.1) is 0 Å². The summed E-state index contributed by atoms with van der Waals surface area (Å²) in [5, 5.41) is 9.31. The highest BCUT2D eigenvalue weighted by atomic mass is 16.7. The van der Waals surface area contributed by atoms with Gasteiger partial charge in [0.05, 0.1) is 5.39 Å². The number of benzene rings is 1. The summed E-state index contributed by atoms with van der Waals surface area (Å²) in [6.07, 6.45) is 0. The lowest BCUT2D eigenvalue weighted by Crippen LogP contribution is -2.13. The van der Waals surface area contributed by atoms with E-state index in [1.807, 2.05) is 0 Å². The van der Waals surface area contributed by atoms with Gasteiger partial charge < -0.3 is 28.5 Å². The Bertz CT molecular complexity index is 733. The van der Waals surface area contributed by atoms with Crippen LogP contribution in [0.15, 0.2) is 27.4 Å². The van der Waals surface area contributed by atoms with Crippen LogP contribution in [0.25, 0.3) is 11.0 Å². The molecule has 0 aliphatic heterocycles. The number of carbonyl (C=O) groups is 1. The predicted molar refractivity (Wildman–Crippen MR) is 74.5 cm³/mol. The van der Waals surface area contributed by atoms with Gasteiger partial charge >= 0.3 is 11.6 Å². The number of aromatic carboxylic acids is 1. The summed E-state index contributed by atoms with van der Waals surface area (Å²) in [5.41, 5.74) is -1.31. The van der Waals surface area contributed by atoms with Gasteiger partial charge in [-0.3, -0.25) is 0 Å². The fourth-order valence-electron chi connectivity index (χ4n) is 1.76. The van der Waals surface area contributed by atoms with Crippen LogP contribution in [-0.2, 0) is 9.47 Å². The van der Waals surface area contributed by atoms with Crippen LogP contribution in [-0.4, -0.2) is 38.9 Å². The summed E-state index contributed by atoms with van der Waals surface area (Å²) >= 11 is 0. The van der Waals surface area contributed by atoms with Crippen molar-refractivity contribution in [2.75, 3.05) is 27.8 Å². The highest BCUT2D eigenvalue weighted by Crippen LogP contribution is 2.31. The molecule has 0 saturated heterocycles. The van der Waals surface area contributed by atoms with E-state index in [-0.39, 0.29) is 24.9 Å². The molecule has 8 nitrogen and oxygen atoms in total. The molecule has 118 valence electrons. The molecule has 0 amide bonds. The maximum Gasteiger partial charge on any atom is 0.351 e. The lowest BCUT2D eigenvalue weighted by molar-refractivity contribution is 0.0467. The molecule has 0 aliphatic carbocycles. The fourth-order valence-corrected chi connectivity index (χ4v) is 1.76.